The zero-order valence-electron chi connectivity index (χ0n) is 14.6. The molecule has 1 aliphatic carbocycles. The molecule has 0 N–H and O–H groups in total. The maximum absolute atomic E-state index is 13.1. The first-order valence-electron chi connectivity index (χ1n) is 8.85. The lowest BCUT2D eigenvalue weighted by atomic mass is 9.76. The summed E-state index contributed by atoms with van der Waals surface area (Å²) in [4.78, 5) is 19.0. The molecule has 1 aromatic carbocycles. The van der Waals surface area contributed by atoms with Crippen LogP contribution in [0.25, 0.3) is 0 Å². The highest BCUT2D eigenvalue weighted by molar-refractivity contribution is 14.1. The van der Waals surface area contributed by atoms with Gasteiger partial charge < -0.3 is 0 Å². The van der Waals surface area contributed by atoms with Gasteiger partial charge in [0.2, 0.25) is 0 Å². The molecule has 1 amide bonds. The highest BCUT2D eigenvalue weighted by Crippen LogP contribution is 2.47. The molecular formula is C20H26INO2. The first kappa shape index (κ1) is 17.9. The highest BCUT2D eigenvalue weighted by atomic mass is 127. The van der Waals surface area contributed by atoms with Gasteiger partial charge in [-0.1, -0.05) is 56.0 Å². The van der Waals surface area contributed by atoms with Gasteiger partial charge in [-0.15, -0.1) is 0 Å². The Bertz CT molecular complexity index is 618. The fraction of sp³-hybridized carbons (Fsp3) is 0.550. The van der Waals surface area contributed by atoms with Crippen molar-refractivity contribution in [3.05, 3.63) is 45.0 Å². The van der Waals surface area contributed by atoms with Crippen LogP contribution in [0.5, 0.6) is 0 Å². The van der Waals surface area contributed by atoms with Crippen LogP contribution in [0.1, 0.15) is 51.5 Å². The van der Waals surface area contributed by atoms with Crippen LogP contribution in [-0.4, -0.2) is 17.5 Å². The maximum Gasteiger partial charge on any atom is 0.256 e. The van der Waals surface area contributed by atoms with E-state index in [1.807, 2.05) is 30.3 Å². The molecule has 130 valence electrons. The molecule has 1 heterocycles. The van der Waals surface area contributed by atoms with Crippen molar-refractivity contribution in [3.8, 4) is 0 Å². The van der Waals surface area contributed by atoms with Crippen molar-refractivity contribution < 1.29 is 9.63 Å². The summed E-state index contributed by atoms with van der Waals surface area (Å²) in [5.74, 6) is 0.815. The van der Waals surface area contributed by atoms with Crippen LogP contribution in [-0.2, 0) is 16.2 Å². The second kappa shape index (κ2) is 7.56. The van der Waals surface area contributed by atoms with Gasteiger partial charge in [0, 0.05) is 0 Å². The van der Waals surface area contributed by atoms with Crippen LogP contribution in [0.15, 0.2) is 39.5 Å². The van der Waals surface area contributed by atoms with Gasteiger partial charge in [0.25, 0.3) is 5.91 Å². The SMILES string of the molecule is C/C(I)=C1/CN(OCc2ccccc2)C(=O)C1(C)CC1CCCC1. The van der Waals surface area contributed by atoms with Gasteiger partial charge in [-0.25, -0.2) is 5.06 Å². The Morgan fingerprint density at radius 2 is 1.96 bits per heavy atom. The number of hydrogen-bond donors (Lipinski definition) is 0. The Balaban J connectivity index is 1.73. The summed E-state index contributed by atoms with van der Waals surface area (Å²) in [5.41, 5.74) is 1.94. The Morgan fingerprint density at radius 1 is 1.29 bits per heavy atom. The molecule has 4 heteroatoms. The van der Waals surface area contributed by atoms with E-state index in [0.29, 0.717) is 19.1 Å². The standard InChI is InChI=1S/C20H26INO2/c1-15(21)18-13-22(24-14-17-10-4-3-5-11-17)19(23)20(18,2)12-16-8-6-7-9-16/h3-5,10-11,16H,6-9,12-14H2,1-2H3/b18-15+. The first-order chi connectivity index (χ1) is 11.5. The topological polar surface area (TPSA) is 29.5 Å². The molecule has 3 rings (SSSR count). The van der Waals surface area contributed by atoms with Crippen molar-refractivity contribution in [3.63, 3.8) is 0 Å². The van der Waals surface area contributed by atoms with Crippen LogP contribution < -0.4 is 0 Å². The number of nitrogens with zero attached hydrogens (tertiary/aromatic N) is 1. The minimum Gasteiger partial charge on any atom is -0.272 e. The smallest absolute Gasteiger partial charge is 0.256 e. The lowest BCUT2D eigenvalue weighted by Crippen LogP contribution is -2.34. The van der Waals surface area contributed by atoms with Crippen molar-refractivity contribution in [2.45, 2.75) is 52.6 Å². The molecule has 0 spiro atoms. The molecule has 2 fully saturated rings. The van der Waals surface area contributed by atoms with E-state index in [2.05, 4.69) is 36.4 Å². The predicted molar refractivity (Wildman–Crippen MR) is 104 cm³/mol. The summed E-state index contributed by atoms with van der Waals surface area (Å²) in [7, 11) is 0. The molecule has 1 aromatic rings. The Labute approximate surface area is 158 Å². The summed E-state index contributed by atoms with van der Waals surface area (Å²) in [6.07, 6.45) is 6.12. The summed E-state index contributed by atoms with van der Waals surface area (Å²) >= 11 is 2.36. The quantitative estimate of drug-likeness (QED) is 0.587. The number of halogens is 1. The molecule has 2 aliphatic rings. The van der Waals surface area contributed by atoms with Crippen LogP contribution >= 0.6 is 22.6 Å². The first-order valence-corrected chi connectivity index (χ1v) is 9.93. The zero-order valence-corrected chi connectivity index (χ0v) is 16.7. The van der Waals surface area contributed by atoms with E-state index in [0.717, 1.165) is 12.0 Å². The van der Waals surface area contributed by atoms with E-state index in [9.17, 15) is 4.79 Å². The monoisotopic (exact) mass is 439 g/mol. The highest BCUT2D eigenvalue weighted by Gasteiger charge is 2.49. The second-order valence-electron chi connectivity index (χ2n) is 7.30. The molecule has 1 saturated carbocycles. The molecule has 0 bridgehead atoms. The Kier molecular flexibility index (Phi) is 5.65. The molecule has 0 radical (unpaired) electrons. The van der Waals surface area contributed by atoms with Crippen molar-refractivity contribution in [1.82, 2.24) is 5.06 Å². The third kappa shape index (κ3) is 3.69. The van der Waals surface area contributed by atoms with E-state index in [1.165, 1.54) is 34.8 Å². The number of rotatable bonds is 5. The lowest BCUT2D eigenvalue weighted by molar-refractivity contribution is -0.187. The van der Waals surface area contributed by atoms with Gasteiger partial charge in [0.15, 0.2) is 0 Å². The summed E-state index contributed by atoms with van der Waals surface area (Å²) in [6.45, 7) is 5.27. The van der Waals surface area contributed by atoms with Crippen LogP contribution in [0.4, 0.5) is 0 Å². The van der Waals surface area contributed by atoms with Gasteiger partial charge in [-0.2, -0.15) is 0 Å². The molecular weight excluding hydrogens is 413 g/mol. The van der Waals surface area contributed by atoms with Gasteiger partial charge in [-0.3, -0.25) is 9.63 Å². The van der Waals surface area contributed by atoms with Gasteiger partial charge >= 0.3 is 0 Å². The molecule has 1 saturated heterocycles. The summed E-state index contributed by atoms with van der Waals surface area (Å²) < 4.78 is 1.23. The second-order valence-corrected chi connectivity index (χ2v) is 8.92. The average Bonchev–Trinajstić information content (AvgIpc) is 3.15. The van der Waals surface area contributed by atoms with E-state index in [1.54, 1.807) is 5.06 Å². The third-order valence-electron chi connectivity index (χ3n) is 5.48. The van der Waals surface area contributed by atoms with Crippen LogP contribution in [0.2, 0.25) is 0 Å². The molecule has 1 atom stereocenters. The summed E-state index contributed by atoms with van der Waals surface area (Å²) in [5, 5.41) is 1.60. The maximum atomic E-state index is 13.1. The van der Waals surface area contributed by atoms with Crippen molar-refractivity contribution >= 4 is 28.5 Å². The third-order valence-corrected chi connectivity index (χ3v) is 6.13. The molecule has 0 aromatic heterocycles. The number of carbonyl (C=O) groups is 1. The number of allylic oxidation sites excluding steroid dienone is 1. The molecule has 1 aliphatic heterocycles. The van der Waals surface area contributed by atoms with E-state index >= 15 is 0 Å². The van der Waals surface area contributed by atoms with Gasteiger partial charge in [0.05, 0.1) is 12.0 Å². The zero-order chi connectivity index (χ0) is 17.2. The predicted octanol–water partition coefficient (Wildman–Crippen LogP) is 5.26. The van der Waals surface area contributed by atoms with E-state index in [-0.39, 0.29) is 5.91 Å². The number of hydroxylamine groups is 2. The number of carbonyl (C=O) groups excluding carboxylic acids is 1. The molecule has 1 unspecified atom stereocenters. The van der Waals surface area contributed by atoms with Crippen molar-refractivity contribution in [2.75, 3.05) is 6.54 Å². The largest absolute Gasteiger partial charge is 0.272 e. The molecule has 3 nitrogen and oxygen atoms in total. The van der Waals surface area contributed by atoms with Crippen molar-refractivity contribution in [2.24, 2.45) is 11.3 Å². The minimum atomic E-state index is -0.392. The van der Waals surface area contributed by atoms with Crippen molar-refractivity contribution in [1.29, 1.82) is 0 Å². The number of benzene rings is 1. The fourth-order valence-corrected chi connectivity index (χ4v) is 4.88. The van der Waals surface area contributed by atoms with Gasteiger partial charge in [-0.05, 0) is 63.5 Å². The summed E-state index contributed by atoms with van der Waals surface area (Å²) in [6, 6.07) is 10.0. The minimum absolute atomic E-state index is 0.136. The Hall–Kier alpha value is -0.880. The van der Waals surface area contributed by atoms with Crippen LogP contribution in [0, 0.1) is 11.3 Å². The van der Waals surface area contributed by atoms with Gasteiger partial charge in [0.1, 0.15) is 6.61 Å². The average molecular weight is 439 g/mol. The molecule has 24 heavy (non-hydrogen) atoms. The Morgan fingerprint density at radius 3 is 2.58 bits per heavy atom. The normalized spacial score (nSPS) is 27.1. The van der Waals surface area contributed by atoms with Crippen LogP contribution in [0.3, 0.4) is 0 Å². The van der Waals surface area contributed by atoms with E-state index < -0.39 is 5.41 Å². The van der Waals surface area contributed by atoms with E-state index in [4.69, 9.17) is 4.84 Å². The fourth-order valence-electron chi connectivity index (χ4n) is 4.12. The number of amides is 1. The number of hydrogen-bond acceptors (Lipinski definition) is 2. The lowest BCUT2D eigenvalue weighted by Gasteiger charge is -2.27.